The van der Waals surface area contributed by atoms with Gasteiger partial charge in [-0.15, -0.1) is 0 Å². The summed E-state index contributed by atoms with van der Waals surface area (Å²) in [5, 5.41) is 0. The SMILES string of the molecule is O=C1C=CN(C(F)(F)F)CC1. The van der Waals surface area contributed by atoms with E-state index in [1.165, 1.54) is 0 Å². The Labute approximate surface area is 61.3 Å². The third kappa shape index (κ3) is 1.96. The average molecular weight is 165 g/mol. The number of carbonyl (C=O) groups excluding carboxylic acids is 1. The molecule has 0 aromatic carbocycles. The van der Waals surface area contributed by atoms with Gasteiger partial charge in [-0.25, -0.2) is 0 Å². The lowest BCUT2D eigenvalue weighted by molar-refractivity contribution is -0.228. The van der Waals surface area contributed by atoms with Crippen molar-refractivity contribution in [2.45, 2.75) is 12.7 Å². The molecule has 1 aliphatic heterocycles. The van der Waals surface area contributed by atoms with E-state index in [2.05, 4.69) is 0 Å². The first-order chi connectivity index (χ1) is 5.00. The maximum absolute atomic E-state index is 11.8. The van der Waals surface area contributed by atoms with Crippen LogP contribution in [0.1, 0.15) is 6.42 Å². The van der Waals surface area contributed by atoms with E-state index < -0.39 is 6.30 Å². The quantitative estimate of drug-likeness (QED) is 0.504. The van der Waals surface area contributed by atoms with E-state index in [1.54, 1.807) is 0 Å². The molecule has 0 saturated heterocycles. The van der Waals surface area contributed by atoms with E-state index in [1.807, 2.05) is 0 Å². The summed E-state index contributed by atoms with van der Waals surface area (Å²) in [6.07, 6.45) is -2.70. The summed E-state index contributed by atoms with van der Waals surface area (Å²) >= 11 is 0. The van der Waals surface area contributed by atoms with Gasteiger partial charge in [-0.05, 0) is 6.08 Å². The Balaban J connectivity index is 2.65. The molecule has 0 aromatic rings. The number of alkyl halides is 3. The first-order valence-electron chi connectivity index (χ1n) is 3.04. The van der Waals surface area contributed by atoms with Crippen LogP contribution in [-0.4, -0.2) is 23.5 Å². The molecule has 0 aromatic heterocycles. The second-order valence-corrected chi connectivity index (χ2v) is 2.19. The van der Waals surface area contributed by atoms with Crippen molar-refractivity contribution in [2.24, 2.45) is 0 Å². The van der Waals surface area contributed by atoms with Crippen LogP contribution in [0.25, 0.3) is 0 Å². The molecule has 0 spiro atoms. The van der Waals surface area contributed by atoms with Crippen molar-refractivity contribution in [1.82, 2.24) is 4.90 Å². The van der Waals surface area contributed by atoms with Gasteiger partial charge < -0.3 is 0 Å². The zero-order valence-corrected chi connectivity index (χ0v) is 5.56. The second kappa shape index (κ2) is 2.56. The molecule has 1 heterocycles. The predicted octanol–water partition coefficient (Wildman–Crippen LogP) is 1.29. The van der Waals surface area contributed by atoms with Crippen molar-refractivity contribution in [1.29, 1.82) is 0 Å². The van der Waals surface area contributed by atoms with Crippen LogP contribution in [-0.2, 0) is 4.79 Å². The Kier molecular flexibility index (Phi) is 1.89. The molecule has 0 atom stereocenters. The first-order valence-corrected chi connectivity index (χ1v) is 3.04. The summed E-state index contributed by atoms with van der Waals surface area (Å²) in [4.78, 5) is 10.6. The van der Waals surface area contributed by atoms with E-state index in [9.17, 15) is 18.0 Å². The van der Waals surface area contributed by atoms with Gasteiger partial charge >= 0.3 is 6.30 Å². The summed E-state index contributed by atoms with van der Waals surface area (Å²) in [5.74, 6) is -0.259. The summed E-state index contributed by atoms with van der Waals surface area (Å²) in [6, 6.07) is 0. The zero-order valence-electron chi connectivity index (χ0n) is 5.56. The van der Waals surface area contributed by atoms with Crippen LogP contribution in [0.2, 0.25) is 0 Å². The fourth-order valence-electron chi connectivity index (χ4n) is 0.773. The van der Waals surface area contributed by atoms with Crippen LogP contribution in [0.4, 0.5) is 13.2 Å². The number of hydrogen-bond donors (Lipinski definition) is 0. The average Bonchev–Trinajstić information content (AvgIpc) is 1.86. The van der Waals surface area contributed by atoms with Gasteiger partial charge in [-0.1, -0.05) is 0 Å². The molecule has 0 unspecified atom stereocenters. The molecular formula is C6H6F3NO. The Morgan fingerprint density at radius 3 is 2.45 bits per heavy atom. The number of rotatable bonds is 0. The molecule has 0 radical (unpaired) electrons. The van der Waals surface area contributed by atoms with Crippen LogP contribution in [0, 0.1) is 0 Å². The van der Waals surface area contributed by atoms with Gasteiger partial charge in [0.05, 0.1) is 0 Å². The van der Waals surface area contributed by atoms with Crippen molar-refractivity contribution >= 4 is 5.78 Å². The minimum atomic E-state index is -4.35. The van der Waals surface area contributed by atoms with Crippen molar-refractivity contribution in [3.05, 3.63) is 12.3 Å². The molecule has 1 rings (SSSR count). The number of ketones is 1. The maximum atomic E-state index is 11.8. The Bertz CT molecular complexity index is 196. The van der Waals surface area contributed by atoms with Crippen molar-refractivity contribution < 1.29 is 18.0 Å². The summed E-state index contributed by atoms with van der Waals surface area (Å²) < 4.78 is 35.5. The van der Waals surface area contributed by atoms with E-state index >= 15 is 0 Å². The van der Waals surface area contributed by atoms with Crippen molar-refractivity contribution in [3.63, 3.8) is 0 Å². The highest BCUT2D eigenvalue weighted by molar-refractivity contribution is 5.90. The standard InChI is InChI=1S/C6H6F3NO/c7-6(8,9)10-3-1-5(11)2-4-10/h1,3H,2,4H2. The number of hydrogen-bond acceptors (Lipinski definition) is 2. The van der Waals surface area contributed by atoms with Crippen LogP contribution >= 0.6 is 0 Å². The van der Waals surface area contributed by atoms with E-state index in [4.69, 9.17) is 0 Å². The number of allylic oxidation sites excluding steroid dienone is 1. The minimum absolute atomic E-state index is 0.0595. The molecule has 0 saturated carbocycles. The maximum Gasteiger partial charge on any atom is 0.484 e. The third-order valence-corrected chi connectivity index (χ3v) is 1.37. The molecule has 5 heteroatoms. The predicted molar refractivity (Wildman–Crippen MR) is 31.5 cm³/mol. The molecule has 11 heavy (non-hydrogen) atoms. The fraction of sp³-hybridized carbons (Fsp3) is 0.500. The largest absolute Gasteiger partial charge is 0.484 e. The summed E-state index contributed by atoms with van der Waals surface area (Å²) in [7, 11) is 0. The van der Waals surface area contributed by atoms with Gasteiger partial charge in [-0.2, -0.15) is 13.2 Å². The van der Waals surface area contributed by atoms with Crippen molar-refractivity contribution in [3.8, 4) is 0 Å². The lowest BCUT2D eigenvalue weighted by Crippen LogP contribution is -2.36. The van der Waals surface area contributed by atoms with Crippen LogP contribution in [0.5, 0.6) is 0 Å². The summed E-state index contributed by atoms with van der Waals surface area (Å²) in [6.45, 7) is -0.265. The van der Waals surface area contributed by atoms with Crippen LogP contribution in [0.15, 0.2) is 12.3 Å². The Morgan fingerprint density at radius 1 is 1.45 bits per heavy atom. The molecule has 0 N–H and O–H groups in total. The highest BCUT2D eigenvalue weighted by atomic mass is 19.4. The topological polar surface area (TPSA) is 20.3 Å². The first kappa shape index (κ1) is 8.10. The summed E-state index contributed by atoms with van der Waals surface area (Å²) in [5.41, 5.74) is 0. The van der Waals surface area contributed by atoms with Gasteiger partial charge in [0, 0.05) is 19.2 Å². The van der Waals surface area contributed by atoms with Gasteiger partial charge in [0.1, 0.15) is 0 Å². The number of nitrogens with zero attached hydrogens (tertiary/aromatic N) is 1. The van der Waals surface area contributed by atoms with Crippen LogP contribution < -0.4 is 0 Å². The number of halogens is 3. The number of carbonyl (C=O) groups is 1. The van der Waals surface area contributed by atoms with E-state index in [0.717, 1.165) is 12.3 Å². The third-order valence-electron chi connectivity index (χ3n) is 1.37. The molecule has 0 amide bonds. The lowest BCUT2D eigenvalue weighted by Gasteiger charge is -2.24. The van der Waals surface area contributed by atoms with Crippen molar-refractivity contribution in [2.75, 3.05) is 6.54 Å². The smallest absolute Gasteiger partial charge is 0.295 e. The zero-order chi connectivity index (χ0) is 8.48. The second-order valence-electron chi connectivity index (χ2n) is 2.19. The highest BCUT2D eigenvalue weighted by Gasteiger charge is 2.35. The molecule has 0 bridgehead atoms. The highest BCUT2D eigenvalue weighted by Crippen LogP contribution is 2.23. The van der Waals surface area contributed by atoms with Gasteiger partial charge in [-0.3, -0.25) is 9.69 Å². The monoisotopic (exact) mass is 165 g/mol. The molecule has 62 valence electrons. The molecular weight excluding hydrogens is 159 g/mol. The van der Waals surface area contributed by atoms with Gasteiger partial charge in [0.25, 0.3) is 0 Å². The fourth-order valence-corrected chi connectivity index (χ4v) is 0.773. The minimum Gasteiger partial charge on any atom is -0.295 e. The van der Waals surface area contributed by atoms with E-state index in [-0.39, 0.29) is 23.6 Å². The molecule has 2 nitrogen and oxygen atoms in total. The normalized spacial score (nSPS) is 19.2. The molecule has 0 aliphatic carbocycles. The van der Waals surface area contributed by atoms with Crippen LogP contribution in [0.3, 0.4) is 0 Å². The lowest BCUT2D eigenvalue weighted by atomic mass is 10.2. The Hall–Kier alpha value is -1.00. The van der Waals surface area contributed by atoms with Gasteiger partial charge in [0.15, 0.2) is 5.78 Å². The molecule has 0 fully saturated rings. The van der Waals surface area contributed by atoms with E-state index in [0.29, 0.717) is 0 Å². The van der Waals surface area contributed by atoms with Gasteiger partial charge in [0.2, 0.25) is 0 Å². The Morgan fingerprint density at radius 2 is 2.09 bits per heavy atom. The molecule has 1 aliphatic rings.